The van der Waals surface area contributed by atoms with E-state index in [9.17, 15) is 9.90 Å². The molecule has 3 rings (SSSR count). The molecule has 0 amide bonds. The number of para-hydroxylation sites is 1. The Morgan fingerprint density at radius 3 is 2.58 bits per heavy atom. The molecule has 7 heteroatoms. The van der Waals surface area contributed by atoms with Crippen molar-refractivity contribution in [3.8, 4) is 5.75 Å². The second-order valence-corrected chi connectivity index (χ2v) is 9.46. The van der Waals surface area contributed by atoms with Gasteiger partial charge in [-0.1, -0.05) is 41.9 Å². The first-order valence-electron chi connectivity index (χ1n) is 11.5. The van der Waals surface area contributed by atoms with E-state index in [4.69, 9.17) is 21.1 Å². The number of carbonyl (C=O) groups excluding carboxylic acids is 1. The predicted octanol–water partition coefficient (Wildman–Crippen LogP) is 3.83. The summed E-state index contributed by atoms with van der Waals surface area (Å²) in [5.41, 5.74) is 1.20. The third-order valence-electron chi connectivity index (χ3n) is 6.02. The number of aryl methyl sites for hydroxylation is 1. The first-order valence-corrected chi connectivity index (χ1v) is 11.9. The molecule has 1 unspecified atom stereocenters. The Morgan fingerprint density at radius 2 is 1.88 bits per heavy atom. The number of methoxy groups -OCH3 is 1. The Morgan fingerprint density at radius 1 is 1.18 bits per heavy atom. The van der Waals surface area contributed by atoms with Gasteiger partial charge in [-0.2, -0.15) is 0 Å². The monoisotopic (exact) mass is 474 g/mol. The van der Waals surface area contributed by atoms with Crippen LogP contribution in [-0.4, -0.2) is 61.0 Å². The molecule has 1 heterocycles. The van der Waals surface area contributed by atoms with Crippen LogP contribution >= 0.6 is 11.6 Å². The number of piperidine rings is 1. The molecule has 0 saturated carbocycles. The van der Waals surface area contributed by atoms with Gasteiger partial charge in [0.25, 0.3) is 0 Å². The van der Waals surface area contributed by atoms with Crippen LogP contribution in [0.2, 0.25) is 5.02 Å². The minimum atomic E-state index is -1.00. The predicted molar refractivity (Wildman–Crippen MR) is 131 cm³/mol. The van der Waals surface area contributed by atoms with Crippen LogP contribution in [0.4, 0.5) is 0 Å². The van der Waals surface area contributed by atoms with E-state index < -0.39 is 5.60 Å². The number of ether oxygens (including phenoxy) is 2. The molecule has 1 aliphatic rings. The summed E-state index contributed by atoms with van der Waals surface area (Å²) >= 11 is 5.97. The van der Waals surface area contributed by atoms with Crippen LogP contribution < -0.4 is 10.1 Å². The van der Waals surface area contributed by atoms with E-state index in [1.165, 1.54) is 12.7 Å². The SMILES string of the molecule is COC(=O)CCc1ccccc1OCC(C)(O)CNC1CCN(Cc2ccc(Cl)cc2)CC1. The van der Waals surface area contributed by atoms with Gasteiger partial charge in [-0.25, -0.2) is 0 Å². The largest absolute Gasteiger partial charge is 0.490 e. The summed E-state index contributed by atoms with van der Waals surface area (Å²) in [4.78, 5) is 13.9. The van der Waals surface area contributed by atoms with Gasteiger partial charge < -0.3 is 19.9 Å². The molecule has 1 atom stereocenters. The number of rotatable bonds is 11. The lowest BCUT2D eigenvalue weighted by Crippen LogP contribution is -2.49. The van der Waals surface area contributed by atoms with Crippen LogP contribution in [0.3, 0.4) is 0 Å². The van der Waals surface area contributed by atoms with Gasteiger partial charge in [-0.15, -0.1) is 0 Å². The summed E-state index contributed by atoms with van der Waals surface area (Å²) in [7, 11) is 1.39. The summed E-state index contributed by atoms with van der Waals surface area (Å²) in [6.07, 6.45) is 2.92. The topological polar surface area (TPSA) is 71.0 Å². The van der Waals surface area contributed by atoms with E-state index in [1.54, 1.807) is 6.92 Å². The molecule has 180 valence electrons. The first-order chi connectivity index (χ1) is 15.8. The zero-order valence-electron chi connectivity index (χ0n) is 19.6. The maximum absolute atomic E-state index is 11.5. The lowest BCUT2D eigenvalue weighted by atomic mass is 10.0. The lowest BCUT2D eigenvalue weighted by molar-refractivity contribution is -0.140. The van der Waals surface area contributed by atoms with Crippen molar-refractivity contribution in [3.63, 3.8) is 0 Å². The fraction of sp³-hybridized carbons (Fsp3) is 0.500. The number of carbonyl (C=O) groups is 1. The highest BCUT2D eigenvalue weighted by Gasteiger charge is 2.25. The van der Waals surface area contributed by atoms with Gasteiger partial charge in [0, 0.05) is 30.6 Å². The summed E-state index contributed by atoms with van der Waals surface area (Å²) in [5.74, 6) is 0.442. The number of nitrogens with zero attached hydrogens (tertiary/aromatic N) is 1. The van der Waals surface area contributed by atoms with Crippen LogP contribution in [0.25, 0.3) is 0 Å². The number of likely N-dealkylation sites (tertiary alicyclic amines) is 1. The molecule has 1 saturated heterocycles. The average molecular weight is 475 g/mol. The number of nitrogens with one attached hydrogen (secondary N) is 1. The van der Waals surface area contributed by atoms with Gasteiger partial charge in [0.1, 0.15) is 18.0 Å². The van der Waals surface area contributed by atoms with Crippen molar-refractivity contribution in [1.29, 1.82) is 0 Å². The number of halogens is 1. The molecular formula is C26H35ClN2O4. The van der Waals surface area contributed by atoms with Crippen LogP contribution in [0, 0.1) is 0 Å². The Bertz CT molecular complexity index is 880. The molecule has 33 heavy (non-hydrogen) atoms. The molecule has 0 radical (unpaired) electrons. The highest BCUT2D eigenvalue weighted by molar-refractivity contribution is 6.30. The molecule has 1 aliphatic heterocycles. The van der Waals surface area contributed by atoms with Crippen molar-refractivity contribution in [2.75, 3.05) is 33.4 Å². The molecule has 0 spiro atoms. The molecular weight excluding hydrogens is 440 g/mol. The molecule has 2 aromatic carbocycles. The van der Waals surface area contributed by atoms with Crippen molar-refractivity contribution >= 4 is 17.6 Å². The van der Waals surface area contributed by atoms with Crippen molar-refractivity contribution < 1.29 is 19.4 Å². The Hall–Kier alpha value is -2.12. The van der Waals surface area contributed by atoms with Crippen LogP contribution in [0.15, 0.2) is 48.5 Å². The molecule has 0 aliphatic carbocycles. The number of aliphatic hydroxyl groups is 1. The highest BCUT2D eigenvalue weighted by atomic mass is 35.5. The fourth-order valence-corrected chi connectivity index (χ4v) is 4.11. The molecule has 0 aromatic heterocycles. The summed E-state index contributed by atoms with van der Waals surface area (Å²) in [5, 5.41) is 15.1. The highest BCUT2D eigenvalue weighted by Crippen LogP contribution is 2.22. The third kappa shape index (κ3) is 8.63. The molecule has 6 nitrogen and oxygen atoms in total. The van der Waals surface area contributed by atoms with E-state index in [0.29, 0.717) is 31.2 Å². The van der Waals surface area contributed by atoms with Gasteiger partial charge in [0.2, 0.25) is 0 Å². The maximum atomic E-state index is 11.5. The smallest absolute Gasteiger partial charge is 0.305 e. The van der Waals surface area contributed by atoms with Gasteiger partial charge in [-0.3, -0.25) is 9.69 Å². The quantitative estimate of drug-likeness (QED) is 0.482. The van der Waals surface area contributed by atoms with Crippen LogP contribution in [0.1, 0.15) is 37.3 Å². The number of benzene rings is 2. The van der Waals surface area contributed by atoms with Gasteiger partial charge in [0.05, 0.1) is 7.11 Å². The second kappa shape index (κ2) is 12.4. The van der Waals surface area contributed by atoms with Crippen molar-refractivity contribution in [2.45, 2.75) is 50.8 Å². The Labute approximate surface area is 201 Å². The minimum absolute atomic E-state index is 0.171. The maximum Gasteiger partial charge on any atom is 0.305 e. The normalized spacial score (nSPS) is 16.8. The average Bonchev–Trinajstić information content (AvgIpc) is 2.83. The van der Waals surface area contributed by atoms with E-state index in [-0.39, 0.29) is 12.6 Å². The third-order valence-corrected chi connectivity index (χ3v) is 6.27. The first kappa shape index (κ1) is 25.5. The Balaban J connectivity index is 1.40. The van der Waals surface area contributed by atoms with E-state index in [2.05, 4.69) is 22.3 Å². The summed E-state index contributed by atoms with van der Waals surface area (Å²) in [6, 6.07) is 16.0. The molecule has 0 bridgehead atoms. The van der Waals surface area contributed by atoms with Crippen molar-refractivity contribution in [1.82, 2.24) is 10.2 Å². The number of hydrogen-bond acceptors (Lipinski definition) is 6. The van der Waals surface area contributed by atoms with Crippen LogP contribution in [-0.2, 0) is 22.5 Å². The number of esters is 1. The van der Waals surface area contributed by atoms with Gasteiger partial charge >= 0.3 is 5.97 Å². The lowest BCUT2D eigenvalue weighted by Gasteiger charge is -2.34. The zero-order valence-corrected chi connectivity index (χ0v) is 20.3. The molecule has 2 aromatic rings. The Kier molecular flexibility index (Phi) is 9.56. The number of hydrogen-bond donors (Lipinski definition) is 2. The van der Waals surface area contributed by atoms with Gasteiger partial charge in [0.15, 0.2) is 0 Å². The zero-order chi connectivity index (χ0) is 23.7. The van der Waals surface area contributed by atoms with Crippen molar-refractivity contribution in [2.24, 2.45) is 0 Å². The van der Waals surface area contributed by atoms with E-state index >= 15 is 0 Å². The molecule has 1 fully saturated rings. The second-order valence-electron chi connectivity index (χ2n) is 9.03. The van der Waals surface area contributed by atoms with E-state index in [0.717, 1.165) is 43.1 Å². The molecule has 2 N–H and O–H groups in total. The van der Waals surface area contributed by atoms with Crippen LogP contribution in [0.5, 0.6) is 5.75 Å². The minimum Gasteiger partial charge on any atom is -0.490 e. The standard InChI is InChI=1S/C26H35ClN2O4/c1-26(31,19-33-24-6-4-3-5-21(24)9-12-25(30)32-2)18-28-23-13-15-29(16-14-23)17-20-7-10-22(27)11-8-20/h3-8,10-11,23,28,31H,9,12-19H2,1-2H3. The van der Waals surface area contributed by atoms with Crippen molar-refractivity contribution in [3.05, 3.63) is 64.7 Å². The van der Waals surface area contributed by atoms with E-state index in [1.807, 2.05) is 36.4 Å². The summed E-state index contributed by atoms with van der Waals surface area (Å²) < 4.78 is 10.7. The fourth-order valence-electron chi connectivity index (χ4n) is 3.98. The van der Waals surface area contributed by atoms with Gasteiger partial charge in [-0.05, 0) is 68.6 Å². The summed E-state index contributed by atoms with van der Waals surface area (Å²) in [6.45, 7) is 5.39.